The average Bonchev–Trinajstić information content (AvgIpc) is 3.38. The number of hydrogen-bond donors (Lipinski definition) is 1. The number of nitrogens with one attached hydrogen (secondary N) is 1. The Balaban J connectivity index is 1.59. The van der Waals surface area contributed by atoms with Crippen molar-refractivity contribution < 1.29 is 13.9 Å². The first-order chi connectivity index (χ1) is 13.7. The number of furan rings is 1. The number of amides is 1. The van der Waals surface area contributed by atoms with Crippen LogP contribution < -0.4 is 10.1 Å². The van der Waals surface area contributed by atoms with Crippen molar-refractivity contribution in [1.82, 2.24) is 9.88 Å². The van der Waals surface area contributed by atoms with Crippen LogP contribution in [0.3, 0.4) is 0 Å². The first-order valence-corrected chi connectivity index (χ1v) is 8.92. The van der Waals surface area contributed by atoms with E-state index in [9.17, 15) is 10.1 Å². The quantitative estimate of drug-likeness (QED) is 0.481. The zero-order valence-corrected chi connectivity index (χ0v) is 15.6. The maximum atomic E-state index is 12.3. The zero-order valence-electron chi connectivity index (χ0n) is 15.6. The van der Waals surface area contributed by atoms with Gasteiger partial charge in [-0.15, -0.1) is 0 Å². The number of aromatic nitrogens is 1. The van der Waals surface area contributed by atoms with E-state index in [4.69, 9.17) is 9.15 Å². The summed E-state index contributed by atoms with van der Waals surface area (Å²) in [5.41, 5.74) is 1.97. The Morgan fingerprint density at radius 2 is 2.07 bits per heavy atom. The average molecular weight is 375 g/mol. The predicted octanol–water partition coefficient (Wildman–Crippen LogP) is 3.69. The first-order valence-electron chi connectivity index (χ1n) is 8.92. The summed E-state index contributed by atoms with van der Waals surface area (Å²) in [7, 11) is 0. The number of benzene rings is 1. The van der Waals surface area contributed by atoms with Gasteiger partial charge in [0, 0.05) is 11.9 Å². The second-order valence-electron chi connectivity index (χ2n) is 6.22. The molecule has 0 aliphatic heterocycles. The molecule has 0 radical (unpaired) electrons. The summed E-state index contributed by atoms with van der Waals surface area (Å²) in [6, 6.07) is 17.0. The topological polar surface area (TPSA) is 80.2 Å². The van der Waals surface area contributed by atoms with Crippen LogP contribution in [0.1, 0.15) is 17.0 Å². The highest BCUT2D eigenvalue weighted by Gasteiger charge is 2.11. The van der Waals surface area contributed by atoms with Crippen LogP contribution in [0, 0.1) is 18.3 Å². The van der Waals surface area contributed by atoms with E-state index >= 15 is 0 Å². The first kappa shape index (κ1) is 19.1. The molecule has 6 nitrogen and oxygen atoms in total. The Bertz CT molecular complexity index is 977. The Kier molecular flexibility index (Phi) is 6.32. The summed E-state index contributed by atoms with van der Waals surface area (Å²) in [5, 5.41) is 12.0. The van der Waals surface area contributed by atoms with Crippen LogP contribution in [0.25, 0.3) is 6.08 Å². The molecule has 0 atom stereocenters. The number of carbonyl (C=O) groups excluding carboxylic acids is 1. The van der Waals surface area contributed by atoms with E-state index in [1.807, 2.05) is 60.2 Å². The molecule has 2 aromatic heterocycles. The molecule has 0 fully saturated rings. The van der Waals surface area contributed by atoms with E-state index in [0.717, 1.165) is 11.4 Å². The molecule has 0 saturated heterocycles. The normalized spacial score (nSPS) is 11.1. The number of hydrogen-bond acceptors (Lipinski definition) is 4. The van der Waals surface area contributed by atoms with Gasteiger partial charge in [0.05, 0.1) is 19.4 Å². The van der Waals surface area contributed by atoms with Crippen molar-refractivity contribution in [3.8, 4) is 11.8 Å². The van der Waals surface area contributed by atoms with Crippen LogP contribution >= 0.6 is 0 Å². The predicted molar refractivity (Wildman–Crippen MR) is 105 cm³/mol. The monoisotopic (exact) mass is 375 g/mol. The van der Waals surface area contributed by atoms with Crippen molar-refractivity contribution in [3.05, 3.63) is 83.6 Å². The minimum absolute atomic E-state index is 0.0333. The summed E-state index contributed by atoms with van der Waals surface area (Å²) in [5.74, 6) is 0.995. The molecule has 0 unspecified atom stereocenters. The highest BCUT2D eigenvalue weighted by atomic mass is 16.5. The van der Waals surface area contributed by atoms with Crippen molar-refractivity contribution in [2.45, 2.75) is 20.0 Å². The van der Waals surface area contributed by atoms with Gasteiger partial charge in [0.15, 0.2) is 0 Å². The molecule has 0 spiro atoms. The van der Waals surface area contributed by atoms with Gasteiger partial charge >= 0.3 is 0 Å². The van der Waals surface area contributed by atoms with Gasteiger partial charge in [-0.25, -0.2) is 0 Å². The summed E-state index contributed by atoms with van der Waals surface area (Å²) in [6.45, 7) is 3.33. The number of carbonyl (C=O) groups is 1. The maximum absolute atomic E-state index is 12.3. The van der Waals surface area contributed by atoms with E-state index in [-0.39, 0.29) is 12.1 Å². The fourth-order valence-electron chi connectivity index (χ4n) is 2.63. The molecule has 0 bridgehead atoms. The van der Waals surface area contributed by atoms with Gasteiger partial charge in [0.25, 0.3) is 5.91 Å². The Morgan fingerprint density at radius 3 is 2.79 bits per heavy atom. The van der Waals surface area contributed by atoms with Crippen LogP contribution in [0.5, 0.6) is 5.75 Å². The second kappa shape index (κ2) is 9.28. The molecule has 1 aromatic carbocycles. The zero-order chi connectivity index (χ0) is 19.8. The summed E-state index contributed by atoms with van der Waals surface area (Å²) < 4.78 is 12.9. The van der Waals surface area contributed by atoms with E-state index < -0.39 is 5.91 Å². The fraction of sp³-hybridized carbons (Fsp3) is 0.182. The van der Waals surface area contributed by atoms with Gasteiger partial charge in [0.2, 0.25) is 0 Å². The largest absolute Gasteiger partial charge is 0.492 e. The third-order valence-electron chi connectivity index (χ3n) is 4.15. The third-order valence-corrected chi connectivity index (χ3v) is 4.15. The third kappa shape index (κ3) is 5.15. The molecule has 142 valence electrons. The molecule has 3 aromatic rings. The molecule has 2 heterocycles. The van der Waals surface area contributed by atoms with Crippen molar-refractivity contribution in [1.29, 1.82) is 5.26 Å². The standard InChI is InChI=1S/C22H21N3O3/c1-17-6-8-20(9-7-17)28-13-11-25-10-2-4-19(25)14-18(15-23)22(26)24-16-21-5-3-12-27-21/h2-10,12,14H,11,13,16H2,1H3,(H,24,26). The summed E-state index contributed by atoms with van der Waals surface area (Å²) in [6.07, 6.45) is 5.00. The van der Waals surface area contributed by atoms with Crippen molar-refractivity contribution in [2.24, 2.45) is 0 Å². The molecule has 1 amide bonds. The van der Waals surface area contributed by atoms with Gasteiger partial charge in [-0.2, -0.15) is 5.26 Å². The lowest BCUT2D eigenvalue weighted by Crippen LogP contribution is -2.23. The van der Waals surface area contributed by atoms with Gasteiger partial charge in [-0.05, 0) is 49.4 Å². The van der Waals surface area contributed by atoms with Gasteiger partial charge in [0.1, 0.15) is 29.8 Å². The number of nitrogens with zero attached hydrogens (tertiary/aromatic N) is 2. The SMILES string of the molecule is Cc1ccc(OCCn2cccc2C=C(C#N)C(=O)NCc2ccco2)cc1. The number of ether oxygens (including phenoxy) is 1. The molecule has 0 aliphatic rings. The summed E-state index contributed by atoms with van der Waals surface area (Å²) >= 11 is 0. The number of rotatable bonds is 8. The minimum atomic E-state index is -0.442. The van der Waals surface area contributed by atoms with Crippen LogP contribution in [0.15, 0.2) is 71.0 Å². The molecule has 0 aliphatic carbocycles. The van der Waals surface area contributed by atoms with E-state index in [1.165, 1.54) is 11.8 Å². The summed E-state index contributed by atoms with van der Waals surface area (Å²) in [4.78, 5) is 12.3. The van der Waals surface area contributed by atoms with E-state index in [1.54, 1.807) is 18.2 Å². The van der Waals surface area contributed by atoms with Gasteiger partial charge < -0.3 is 19.0 Å². The number of nitriles is 1. The Morgan fingerprint density at radius 1 is 1.25 bits per heavy atom. The molecular weight excluding hydrogens is 354 g/mol. The lowest BCUT2D eigenvalue weighted by Gasteiger charge is -2.09. The highest BCUT2D eigenvalue weighted by Crippen LogP contribution is 2.13. The smallest absolute Gasteiger partial charge is 0.262 e. The fourth-order valence-corrected chi connectivity index (χ4v) is 2.63. The lowest BCUT2D eigenvalue weighted by molar-refractivity contribution is -0.117. The molecule has 1 N–H and O–H groups in total. The molecule has 0 saturated carbocycles. The van der Waals surface area contributed by atoms with Crippen LogP contribution in [-0.4, -0.2) is 17.1 Å². The molecule has 3 rings (SSSR count). The van der Waals surface area contributed by atoms with Crippen LogP contribution in [0.2, 0.25) is 0 Å². The van der Waals surface area contributed by atoms with E-state index in [2.05, 4.69) is 5.32 Å². The Labute approximate surface area is 163 Å². The number of aryl methyl sites for hydroxylation is 1. The maximum Gasteiger partial charge on any atom is 0.262 e. The van der Waals surface area contributed by atoms with Gasteiger partial charge in [-0.1, -0.05) is 17.7 Å². The van der Waals surface area contributed by atoms with Crippen molar-refractivity contribution in [2.75, 3.05) is 6.61 Å². The molecule has 6 heteroatoms. The van der Waals surface area contributed by atoms with Crippen molar-refractivity contribution in [3.63, 3.8) is 0 Å². The molecule has 28 heavy (non-hydrogen) atoms. The highest BCUT2D eigenvalue weighted by molar-refractivity contribution is 6.01. The van der Waals surface area contributed by atoms with Crippen LogP contribution in [-0.2, 0) is 17.9 Å². The Hall–Kier alpha value is -3.72. The molecular formula is C22H21N3O3. The minimum Gasteiger partial charge on any atom is -0.492 e. The second-order valence-corrected chi connectivity index (χ2v) is 6.22. The van der Waals surface area contributed by atoms with Crippen molar-refractivity contribution >= 4 is 12.0 Å². The van der Waals surface area contributed by atoms with Crippen LogP contribution in [0.4, 0.5) is 0 Å². The van der Waals surface area contributed by atoms with E-state index in [0.29, 0.717) is 18.9 Å². The van der Waals surface area contributed by atoms with Gasteiger partial charge in [-0.3, -0.25) is 4.79 Å². The lowest BCUT2D eigenvalue weighted by atomic mass is 10.2.